The van der Waals surface area contributed by atoms with Crippen LogP contribution in [0.1, 0.15) is 15.9 Å². The van der Waals surface area contributed by atoms with Gasteiger partial charge in [0.2, 0.25) is 0 Å². The zero-order chi connectivity index (χ0) is 12.1. The molecule has 18 heavy (non-hydrogen) atoms. The quantitative estimate of drug-likeness (QED) is 0.502. The number of rotatable bonds is 3. The van der Waals surface area contributed by atoms with E-state index in [4.69, 9.17) is 0 Å². The van der Waals surface area contributed by atoms with Gasteiger partial charge in [-0.1, -0.05) is 60.7 Å². The molecular formula is C15H12GdO2. The number of hydrogen-bond donors (Lipinski definition) is 1. The average molecular weight is 382 g/mol. The van der Waals surface area contributed by atoms with Crippen molar-refractivity contribution < 1.29 is 49.8 Å². The number of aliphatic hydroxyl groups excluding tert-OH is 1. The van der Waals surface area contributed by atoms with Gasteiger partial charge in [-0.2, -0.15) is 0 Å². The van der Waals surface area contributed by atoms with E-state index < -0.39 is 0 Å². The summed E-state index contributed by atoms with van der Waals surface area (Å²) in [6.07, 6.45) is 1.24. The van der Waals surface area contributed by atoms with Crippen LogP contribution in [0.4, 0.5) is 0 Å². The van der Waals surface area contributed by atoms with E-state index in [0.29, 0.717) is 11.1 Å². The van der Waals surface area contributed by atoms with Gasteiger partial charge in [0.1, 0.15) is 5.76 Å². The molecule has 2 aromatic carbocycles. The fourth-order valence-corrected chi connectivity index (χ4v) is 1.50. The Labute approximate surface area is 138 Å². The number of allylic oxidation sites excluding steroid dienone is 1. The molecule has 3 heteroatoms. The third kappa shape index (κ3) is 4.02. The molecule has 0 aliphatic carbocycles. The Hall–Kier alpha value is -1.03. The van der Waals surface area contributed by atoms with Crippen molar-refractivity contribution in [2.24, 2.45) is 0 Å². The fourth-order valence-electron chi connectivity index (χ4n) is 1.50. The van der Waals surface area contributed by atoms with Crippen LogP contribution < -0.4 is 0 Å². The zero-order valence-electron chi connectivity index (χ0n) is 9.56. The van der Waals surface area contributed by atoms with Gasteiger partial charge in [-0.25, -0.2) is 0 Å². The molecule has 0 radical (unpaired) electrons. The molecule has 0 unspecified atom stereocenters. The normalized spacial score (nSPS) is 10.6. The first kappa shape index (κ1) is 15.0. The Morgan fingerprint density at radius 1 is 0.833 bits per heavy atom. The number of carbonyl (C=O) groups is 1. The summed E-state index contributed by atoms with van der Waals surface area (Å²) in [6, 6.07) is 17.9. The van der Waals surface area contributed by atoms with Gasteiger partial charge in [-0.3, -0.25) is 4.79 Å². The SMILES string of the molecule is O=C(/C=C(\O)c1ccccc1)c1ccccc1.[Gd]. The van der Waals surface area contributed by atoms with Crippen LogP contribution in [0.2, 0.25) is 0 Å². The molecular weight excluding hydrogens is 369 g/mol. The molecule has 0 spiro atoms. The van der Waals surface area contributed by atoms with E-state index in [-0.39, 0.29) is 51.5 Å². The molecule has 0 atom stereocenters. The maximum Gasteiger partial charge on any atom is 0.189 e. The van der Waals surface area contributed by atoms with E-state index in [1.165, 1.54) is 6.08 Å². The monoisotopic (exact) mass is 382 g/mol. The second kappa shape index (κ2) is 7.42. The van der Waals surface area contributed by atoms with Crippen LogP contribution >= 0.6 is 0 Å². The molecule has 2 rings (SSSR count). The molecule has 0 bridgehead atoms. The van der Waals surface area contributed by atoms with Crippen LogP contribution in [0, 0.1) is 39.9 Å². The Kier molecular flexibility index (Phi) is 6.20. The number of hydrogen-bond acceptors (Lipinski definition) is 2. The molecule has 0 aliphatic heterocycles. The van der Waals surface area contributed by atoms with Gasteiger partial charge in [0.15, 0.2) is 5.78 Å². The summed E-state index contributed by atoms with van der Waals surface area (Å²) in [6.45, 7) is 0. The second-order valence-electron chi connectivity index (χ2n) is 3.63. The van der Waals surface area contributed by atoms with Crippen LogP contribution in [0.15, 0.2) is 66.7 Å². The van der Waals surface area contributed by atoms with E-state index in [1.54, 1.807) is 36.4 Å². The molecule has 2 aromatic rings. The summed E-state index contributed by atoms with van der Waals surface area (Å²) in [4.78, 5) is 11.8. The molecule has 0 amide bonds. The number of ketones is 1. The van der Waals surface area contributed by atoms with Crippen LogP contribution in [0.25, 0.3) is 5.76 Å². The van der Waals surface area contributed by atoms with Crippen molar-refractivity contribution in [3.8, 4) is 0 Å². The van der Waals surface area contributed by atoms with Crippen molar-refractivity contribution in [3.05, 3.63) is 77.9 Å². The minimum Gasteiger partial charge on any atom is -0.507 e. The van der Waals surface area contributed by atoms with E-state index in [0.717, 1.165) is 0 Å². The number of aliphatic hydroxyl groups is 1. The molecule has 2 nitrogen and oxygen atoms in total. The van der Waals surface area contributed by atoms with Crippen LogP contribution in [-0.2, 0) is 0 Å². The van der Waals surface area contributed by atoms with Gasteiger partial charge in [0, 0.05) is 57.1 Å². The van der Waals surface area contributed by atoms with Gasteiger partial charge < -0.3 is 5.11 Å². The summed E-state index contributed by atoms with van der Waals surface area (Å²) in [7, 11) is 0. The standard InChI is InChI=1S/C15H12O2.Gd/c16-14(12-7-3-1-4-8-12)11-15(17)13-9-5-2-6-10-13;/h1-11,16H;/b14-11-;. The summed E-state index contributed by atoms with van der Waals surface area (Å²) in [5, 5.41) is 9.79. The maximum atomic E-state index is 11.8. The van der Waals surface area contributed by atoms with E-state index in [2.05, 4.69) is 0 Å². The smallest absolute Gasteiger partial charge is 0.189 e. The molecule has 0 saturated carbocycles. The van der Waals surface area contributed by atoms with Gasteiger partial charge >= 0.3 is 0 Å². The van der Waals surface area contributed by atoms with Gasteiger partial charge in [-0.05, 0) is 0 Å². The summed E-state index contributed by atoms with van der Waals surface area (Å²) < 4.78 is 0. The Bertz CT molecular complexity index is 533. The summed E-state index contributed by atoms with van der Waals surface area (Å²) in [5.41, 5.74) is 1.20. The Balaban J connectivity index is 0.00000162. The van der Waals surface area contributed by atoms with Crippen LogP contribution in [0.3, 0.4) is 0 Å². The Morgan fingerprint density at radius 2 is 1.28 bits per heavy atom. The summed E-state index contributed by atoms with van der Waals surface area (Å²) >= 11 is 0. The van der Waals surface area contributed by atoms with Crippen molar-refractivity contribution in [3.63, 3.8) is 0 Å². The first-order valence-electron chi connectivity index (χ1n) is 5.33. The van der Waals surface area contributed by atoms with E-state index >= 15 is 0 Å². The predicted octanol–water partition coefficient (Wildman–Crippen LogP) is 3.47. The number of carbonyl (C=O) groups excluding carboxylic acids is 1. The first-order chi connectivity index (χ1) is 8.27. The van der Waals surface area contributed by atoms with E-state index in [9.17, 15) is 9.90 Å². The van der Waals surface area contributed by atoms with Gasteiger partial charge in [-0.15, -0.1) is 0 Å². The summed E-state index contributed by atoms with van der Waals surface area (Å²) in [5.74, 6) is -0.216. The maximum absolute atomic E-state index is 11.8. The first-order valence-corrected chi connectivity index (χ1v) is 5.33. The van der Waals surface area contributed by atoms with Gasteiger partial charge in [0.25, 0.3) is 0 Å². The average Bonchev–Trinajstić information content (AvgIpc) is 2.40. The van der Waals surface area contributed by atoms with E-state index in [1.807, 2.05) is 24.3 Å². The molecule has 0 aromatic heterocycles. The topological polar surface area (TPSA) is 37.3 Å². The third-order valence-electron chi connectivity index (χ3n) is 2.40. The van der Waals surface area contributed by atoms with Crippen molar-refractivity contribution >= 4 is 11.5 Å². The molecule has 0 saturated heterocycles. The van der Waals surface area contributed by atoms with Crippen molar-refractivity contribution in [1.29, 1.82) is 0 Å². The van der Waals surface area contributed by atoms with Crippen molar-refractivity contribution in [2.75, 3.05) is 0 Å². The fraction of sp³-hybridized carbons (Fsp3) is 0. The molecule has 1 N–H and O–H groups in total. The van der Waals surface area contributed by atoms with Gasteiger partial charge in [0.05, 0.1) is 0 Å². The zero-order valence-corrected chi connectivity index (χ0v) is 11.8. The molecule has 0 aliphatic rings. The predicted molar refractivity (Wildman–Crippen MR) is 67.8 cm³/mol. The minimum absolute atomic E-state index is 0. The van der Waals surface area contributed by atoms with Crippen molar-refractivity contribution in [1.82, 2.24) is 0 Å². The minimum atomic E-state index is -0.202. The largest absolute Gasteiger partial charge is 0.507 e. The second-order valence-corrected chi connectivity index (χ2v) is 3.63. The molecule has 0 heterocycles. The van der Waals surface area contributed by atoms with Crippen LogP contribution in [0.5, 0.6) is 0 Å². The third-order valence-corrected chi connectivity index (χ3v) is 2.40. The Morgan fingerprint density at radius 3 is 1.78 bits per heavy atom. The van der Waals surface area contributed by atoms with Crippen molar-refractivity contribution in [2.45, 2.75) is 0 Å². The van der Waals surface area contributed by atoms with Crippen LogP contribution in [-0.4, -0.2) is 10.9 Å². The molecule has 92 valence electrons. The molecule has 0 fully saturated rings. The number of benzene rings is 2.